The van der Waals surface area contributed by atoms with Gasteiger partial charge in [-0.25, -0.2) is 14.8 Å². The molecule has 1 aromatic carbocycles. The van der Waals surface area contributed by atoms with Crippen LogP contribution >= 0.6 is 0 Å². The molecule has 7 nitrogen and oxygen atoms in total. The fraction of sp³-hybridized carbons (Fsp3) is 0.500. The maximum atomic E-state index is 12.1. The molecule has 1 saturated heterocycles. The first-order chi connectivity index (χ1) is 13.8. The van der Waals surface area contributed by atoms with E-state index in [9.17, 15) is 4.79 Å². The van der Waals surface area contributed by atoms with Crippen molar-refractivity contribution in [2.24, 2.45) is 5.92 Å². The van der Waals surface area contributed by atoms with Crippen molar-refractivity contribution < 1.29 is 19.4 Å². The van der Waals surface area contributed by atoms with E-state index in [1.54, 1.807) is 17.3 Å². The number of ether oxygens (including phenoxy) is 2. The van der Waals surface area contributed by atoms with E-state index in [2.05, 4.69) is 9.97 Å². The number of carbonyl (C=O) groups is 1. The first kappa shape index (κ1) is 21.0. The quantitative estimate of drug-likeness (QED) is 0.826. The number of benzene rings is 1. The van der Waals surface area contributed by atoms with E-state index in [0.717, 1.165) is 29.5 Å². The summed E-state index contributed by atoms with van der Waals surface area (Å²) < 4.78 is 11.2. The molecule has 1 N–H and O–H groups in total. The molecule has 0 aliphatic carbocycles. The first-order valence-corrected chi connectivity index (χ1v) is 9.97. The zero-order valence-electron chi connectivity index (χ0n) is 17.3. The van der Waals surface area contributed by atoms with Crippen molar-refractivity contribution in [1.82, 2.24) is 14.9 Å². The monoisotopic (exact) mass is 399 g/mol. The van der Waals surface area contributed by atoms with Crippen LogP contribution in [0.1, 0.15) is 39.2 Å². The fourth-order valence-corrected chi connectivity index (χ4v) is 3.14. The van der Waals surface area contributed by atoms with E-state index >= 15 is 0 Å². The Morgan fingerprint density at radius 3 is 2.28 bits per heavy atom. The highest BCUT2D eigenvalue weighted by Gasteiger charge is 2.27. The average Bonchev–Trinajstić information content (AvgIpc) is 2.72. The zero-order valence-corrected chi connectivity index (χ0v) is 17.3. The van der Waals surface area contributed by atoms with Gasteiger partial charge in [-0.3, -0.25) is 0 Å². The molecule has 0 atom stereocenters. The fourth-order valence-electron chi connectivity index (χ4n) is 3.14. The van der Waals surface area contributed by atoms with Crippen LogP contribution < -0.4 is 4.74 Å². The molecule has 0 unspecified atom stereocenters. The topological polar surface area (TPSA) is 84.8 Å². The normalized spacial score (nSPS) is 15.2. The van der Waals surface area contributed by atoms with Crippen LogP contribution in [0.4, 0.5) is 4.79 Å². The van der Waals surface area contributed by atoms with E-state index in [0.29, 0.717) is 31.6 Å². The minimum atomic E-state index is -0.471. The van der Waals surface area contributed by atoms with Gasteiger partial charge in [-0.2, -0.15) is 0 Å². The first-order valence-electron chi connectivity index (χ1n) is 9.97. The Bertz CT molecular complexity index is 792. The van der Waals surface area contributed by atoms with Crippen molar-refractivity contribution in [2.75, 3.05) is 19.7 Å². The summed E-state index contributed by atoms with van der Waals surface area (Å²) in [5, 5.41) is 9.12. The lowest BCUT2D eigenvalue weighted by atomic mass is 9.98. The van der Waals surface area contributed by atoms with Crippen LogP contribution in [0.15, 0.2) is 36.7 Å². The summed E-state index contributed by atoms with van der Waals surface area (Å²) in [6.45, 7) is 7.54. The number of rotatable bonds is 5. The highest BCUT2D eigenvalue weighted by Crippen LogP contribution is 2.22. The predicted octanol–water partition coefficient (Wildman–Crippen LogP) is 3.66. The third kappa shape index (κ3) is 6.15. The van der Waals surface area contributed by atoms with E-state index in [-0.39, 0.29) is 12.7 Å². The van der Waals surface area contributed by atoms with Gasteiger partial charge in [-0.05, 0) is 50.7 Å². The molecule has 1 fully saturated rings. The maximum absolute atomic E-state index is 12.1. The molecule has 2 aromatic rings. The van der Waals surface area contributed by atoms with Gasteiger partial charge in [0.25, 0.3) is 0 Å². The SMILES string of the molecule is CC(C)(C)OC(=O)N1CCC(COc2ncc(-c3ccc(CO)cc3)cn2)CC1. The van der Waals surface area contributed by atoms with Crippen molar-refractivity contribution in [2.45, 2.75) is 45.8 Å². The maximum Gasteiger partial charge on any atom is 0.410 e. The number of piperidine rings is 1. The van der Waals surface area contributed by atoms with Crippen molar-refractivity contribution >= 4 is 6.09 Å². The molecule has 3 rings (SSSR count). The van der Waals surface area contributed by atoms with Crippen molar-refractivity contribution in [1.29, 1.82) is 0 Å². The van der Waals surface area contributed by atoms with Gasteiger partial charge in [0.15, 0.2) is 0 Å². The van der Waals surface area contributed by atoms with Gasteiger partial charge in [0.05, 0.1) is 13.2 Å². The lowest BCUT2D eigenvalue weighted by Gasteiger charge is -2.33. The molecule has 1 aliphatic rings. The lowest BCUT2D eigenvalue weighted by Crippen LogP contribution is -2.42. The van der Waals surface area contributed by atoms with Crippen LogP contribution in [0.3, 0.4) is 0 Å². The summed E-state index contributed by atoms with van der Waals surface area (Å²) in [6.07, 6.45) is 4.97. The number of aliphatic hydroxyl groups excluding tert-OH is 1. The third-order valence-electron chi connectivity index (χ3n) is 4.81. The summed E-state index contributed by atoms with van der Waals surface area (Å²) >= 11 is 0. The number of nitrogens with zero attached hydrogens (tertiary/aromatic N) is 3. The van der Waals surface area contributed by atoms with Gasteiger partial charge in [-0.15, -0.1) is 0 Å². The Kier molecular flexibility index (Phi) is 6.69. The van der Waals surface area contributed by atoms with E-state index in [1.807, 2.05) is 45.0 Å². The van der Waals surface area contributed by atoms with Crippen molar-refractivity contribution in [3.63, 3.8) is 0 Å². The molecule has 1 amide bonds. The van der Waals surface area contributed by atoms with Crippen LogP contribution in [0.2, 0.25) is 0 Å². The van der Waals surface area contributed by atoms with Gasteiger partial charge in [0, 0.05) is 31.0 Å². The smallest absolute Gasteiger partial charge is 0.410 e. The number of aliphatic hydroxyl groups is 1. The average molecular weight is 399 g/mol. The molecule has 0 saturated carbocycles. The second kappa shape index (κ2) is 9.22. The Hall–Kier alpha value is -2.67. The second-order valence-corrected chi connectivity index (χ2v) is 8.33. The number of aromatic nitrogens is 2. The standard InChI is InChI=1S/C22H29N3O4/c1-22(2,3)29-21(27)25-10-8-17(9-11-25)15-28-20-23-12-19(13-24-20)18-6-4-16(14-26)5-7-18/h4-7,12-13,17,26H,8-11,14-15H2,1-3H3. The largest absolute Gasteiger partial charge is 0.463 e. The van der Waals surface area contributed by atoms with Crippen LogP contribution in [-0.2, 0) is 11.3 Å². The highest BCUT2D eigenvalue weighted by molar-refractivity contribution is 5.68. The molecule has 0 spiro atoms. The minimum Gasteiger partial charge on any atom is -0.463 e. The third-order valence-corrected chi connectivity index (χ3v) is 4.81. The van der Waals surface area contributed by atoms with Gasteiger partial charge >= 0.3 is 12.1 Å². The van der Waals surface area contributed by atoms with Crippen LogP contribution in [-0.4, -0.2) is 51.4 Å². The molecule has 2 heterocycles. The van der Waals surface area contributed by atoms with Crippen molar-refractivity contribution in [3.05, 3.63) is 42.2 Å². The summed E-state index contributed by atoms with van der Waals surface area (Å²) in [4.78, 5) is 22.5. The Morgan fingerprint density at radius 1 is 1.10 bits per heavy atom. The molecule has 1 aromatic heterocycles. The van der Waals surface area contributed by atoms with E-state index in [1.165, 1.54) is 0 Å². The number of hydrogen-bond acceptors (Lipinski definition) is 6. The van der Waals surface area contributed by atoms with Gasteiger partial charge in [0.2, 0.25) is 0 Å². The molecule has 1 aliphatic heterocycles. The number of likely N-dealkylation sites (tertiary alicyclic amines) is 1. The second-order valence-electron chi connectivity index (χ2n) is 8.33. The zero-order chi connectivity index (χ0) is 20.9. The predicted molar refractivity (Wildman–Crippen MR) is 109 cm³/mol. The van der Waals surface area contributed by atoms with Crippen LogP contribution in [0, 0.1) is 5.92 Å². The summed E-state index contributed by atoms with van der Waals surface area (Å²) in [7, 11) is 0. The molecule has 7 heteroatoms. The molecule has 29 heavy (non-hydrogen) atoms. The molecule has 156 valence electrons. The Labute approximate surface area is 171 Å². The molecular weight excluding hydrogens is 370 g/mol. The van der Waals surface area contributed by atoms with E-state index < -0.39 is 5.60 Å². The van der Waals surface area contributed by atoms with Crippen molar-refractivity contribution in [3.8, 4) is 17.1 Å². The van der Waals surface area contributed by atoms with Gasteiger partial charge in [-0.1, -0.05) is 24.3 Å². The number of hydrogen-bond donors (Lipinski definition) is 1. The summed E-state index contributed by atoms with van der Waals surface area (Å²) in [5.41, 5.74) is 2.28. The van der Waals surface area contributed by atoms with Gasteiger partial charge in [0.1, 0.15) is 5.60 Å². The number of carbonyl (C=O) groups excluding carboxylic acids is 1. The highest BCUT2D eigenvalue weighted by atomic mass is 16.6. The Balaban J connectivity index is 1.45. The summed E-state index contributed by atoms with van der Waals surface area (Å²) in [5.74, 6) is 0.364. The molecule has 0 radical (unpaired) electrons. The van der Waals surface area contributed by atoms with E-state index in [4.69, 9.17) is 14.6 Å². The number of amides is 1. The minimum absolute atomic E-state index is 0.0280. The Morgan fingerprint density at radius 2 is 1.72 bits per heavy atom. The summed E-state index contributed by atoms with van der Waals surface area (Å²) in [6, 6.07) is 7.98. The van der Waals surface area contributed by atoms with Crippen LogP contribution in [0.25, 0.3) is 11.1 Å². The molecule has 0 bridgehead atoms. The van der Waals surface area contributed by atoms with Gasteiger partial charge < -0.3 is 19.5 Å². The molecular formula is C22H29N3O4. The van der Waals surface area contributed by atoms with Crippen LogP contribution in [0.5, 0.6) is 6.01 Å². The lowest BCUT2D eigenvalue weighted by molar-refractivity contribution is 0.0163.